The Labute approximate surface area is 168 Å². The van der Waals surface area contributed by atoms with Gasteiger partial charge in [-0.3, -0.25) is 4.79 Å². The molecule has 0 aromatic carbocycles. The molecular formula is C20H24N6OS. The fourth-order valence-electron chi connectivity index (χ4n) is 4.98. The summed E-state index contributed by atoms with van der Waals surface area (Å²) in [6, 6.07) is 5.78. The predicted octanol–water partition coefficient (Wildman–Crippen LogP) is 2.16. The molecule has 2 atom stereocenters. The summed E-state index contributed by atoms with van der Waals surface area (Å²) in [6.45, 7) is 4.37. The second-order valence-corrected chi connectivity index (χ2v) is 9.20. The van der Waals surface area contributed by atoms with Gasteiger partial charge >= 0.3 is 0 Å². The molecule has 3 aromatic heterocycles. The van der Waals surface area contributed by atoms with Crippen molar-refractivity contribution in [2.75, 3.05) is 51.7 Å². The number of carbonyl (C=O) groups excluding carboxylic acids is 1. The second kappa shape index (κ2) is 6.56. The SMILES string of the molecule is CN(C)C[C@@]12CN(C(=O)c3ccc[nH]3)C[C@@H]1CN(c1ncnc3ccsc13)C2. The third kappa shape index (κ3) is 2.79. The molecule has 2 saturated heterocycles. The largest absolute Gasteiger partial charge is 0.357 e. The number of H-pyrrole nitrogens is 1. The van der Waals surface area contributed by atoms with E-state index in [-0.39, 0.29) is 11.3 Å². The average Bonchev–Trinajstić information content (AvgIpc) is 3.42. The Morgan fingerprint density at radius 3 is 3.00 bits per heavy atom. The van der Waals surface area contributed by atoms with Crippen LogP contribution in [0, 0.1) is 11.3 Å². The van der Waals surface area contributed by atoms with Crippen LogP contribution >= 0.6 is 11.3 Å². The molecule has 2 aliphatic heterocycles. The van der Waals surface area contributed by atoms with Gasteiger partial charge < -0.3 is 19.7 Å². The molecule has 8 heteroatoms. The van der Waals surface area contributed by atoms with Crippen LogP contribution in [0.15, 0.2) is 36.1 Å². The van der Waals surface area contributed by atoms with E-state index < -0.39 is 0 Å². The van der Waals surface area contributed by atoms with Crippen molar-refractivity contribution in [3.63, 3.8) is 0 Å². The van der Waals surface area contributed by atoms with Crippen molar-refractivity contribution in [1.29, 1.82) is 0 Å². The van der Waals surface area contributed by atoms with Gasteiger partial charge in [-0.05, 0) is 37.7 Å². The zero-order valence-corrected chi connectivity index (χ0v) is 16.9. The van der Waals surface area contributed by atoms with E-state index in [1.807, 2.05) is 23.2 Å². The summed E-state index contributed by atoms with van der Waals surface area (Å²) < 4.78 is 1.15. The molecule has 5 rings (SSSR count). The Morgan fingerprint density at radius 1 is 1.32 bits per heavy atom. The van der Waals surface area contributed by atoms with Crippen molar-refractivity contribution in [3.05, 3.63) is 41.8 Å². The molecule has 1 amide bonds. The van der Waals surface area contributed by atoms with Gasteiger partial charge in [-0.1, -0.05) is 0 Å². The number of fused-ring (bicyclic) bond motifs is 2. The summed E-state index contributed by atoms with van der Waals surface area (Å²) in [5.41, 5.74) is 1.74. The number of thiophene rings is 1. The van der Waals surface area contributed by atoms with E-state index in [9.17, 15) is 4.79 Å². The van der Waals surface area contributed by atoms with Gasteiger partial charge in [0.15, 0.2) is 0 Å². The molecule has 0 saturated carbocycles. The molecule has 0 aliphatic carbocycles. The maximum atomic E-state index is 12.9. The lowest BCUT2D eigenvalue weighted by Gasteiger charge is -2.32. The number of amides is 1. The van der Waals surface area contributed by atoms with Crippen molar-refractivity contribution in [3.8, 4) is 0 Å². The lowest BCUT2D eigenvalue weighted by Crippen LogP contribution is -2.43. The number of rotatable bonds is 4. The van der Waals surface area contributed by atoms with Gasteiger partial charge in [0.05, 0.1) is 10.2 Å². The Balaban J connectivity index is 1.44. The minimum atomic E-state index is 0.0558. The van der Waals surface area contributed by atoms with E-state index in [0.29, 0.717) is 11.6 Å². The maximum Gasteiger partial charge on any atom is 0.270 e. The first-order valence-electron chi connectivity index (χ1n) is 9.56. The molecule has 2 fully saturated rings. The number of likely N-dealkylation sites (tertiary alicyclic amines) is 1. The molecule has 2 aliphatic rings. The highest BCUT2D eigenvalue weighted by Gasteiger charge is 2.54. The number of hydrogen-bond acceptors (Lipinski definition) is 6. The number of nitrogens with zero attached hydrogens (tertiary/aromatic N) is 5. The van der Waals surface area contributed by atoms with Gasteiger partial charge in [-0.25, -0.2) is 9.97 Å². The van der Waals surface area contributed by atoms with Crippen molar-refractivity contribution >= 4 is 33.3 Å². The summed E-state index contributed by atoms with van der Waals surface area (Å²) in [5.74, 6) is 1.57. The normalized spacial score (nSPS) is 24.5. The number of carbonyl (C=O) groups is 1. The molecule has 146 valence electrons. The van der Waals surface area contributed by atoms with E-state index in [0.717, 1.165) is 48.8 Å². The minimum Gasteiger partial charge on any atom is -0.357 e. The van der Waals surface area contributed by atoms with Crippen LogP contribution in [0.5, 0.6) is 0 Å². The van der Waals surface area contributed by atoms with Crippen LogP contribution in [0.4, 0.5) is 5.82 Å². The van der Waals surface area contributed by atoms with Crippen LogP contribution in [0.25, 0.3) is 10.2 Å². The van der Waals surface area contributed by atoms with E-state index in [4.69, 9.17) is 0 Å². The Bertz CT molecular complexity index is 999. The minimum absolute atomic E-state index is 0.0558. The van der Waals surface area contributed by atoms with Crippen LogP contribution in [0.1, 0.15) is 10.5 Å². The summed E-state index contributed by atoms with van der Waals surface area (Å²) in [7, 11) is 4.23. The van der Waals surface area contributed by atoms with Crippen LogP contribution in [0.3, 0.4) is 0 Å². The van der Waals surface area contributed by atoms with Crippen LogP contribution in [-0.2, 0) is 0 Å². The summed E-state index contributed by atoms with van der Waals surface area (Å²) in [5, 5.41) is 2.08. The van der Waals surface area contributed by atoms with Crippen LogP contribution in [0.2, 0.25) is 0 Å². The lowest BCUT2D eigenvalue weighted by molar-refractivity contribution is 0.0760. The number of hydrogen-bond donors (Lipinski definition) is 1. The number of anilines is 1. The molecule has 0 radical (unpaired) electrons. The second-order valence-electron chi connectivity index (χ2n) is 8.28. The molecule has 5 heterocycles. The molecule has 0 spiro atoms. The fraction of sp³-hybridized carbons (Fsp3) is 0.450. The summed E-state index contributed by atoms with van der Waals surface area (Å²) >= 11 is 1.70. The van der Waals surface area contributed by atoms with Gasteiger partial charge in [0.1, 0.15) is 17.8 Å². The van der Waals surface area contributed by atoms with Crippen LogP contribution in [-0.4, -0.2) is 77.5 Å². The lowest BCUT2D eigenvalue weighted by atomic mass is 9.80. The summed E-state index contributed by atoms with van der Waals surface area (Å²) in [6.07, 6.45) is 3.47. The molecule has 28 heavy (non-hydrogen) atoms. The quantitative estimate of drug-likeness (QED) is 0.732. The van der Waals surface area contributed by atoms with E-state index in [2.05, 4.69) is 50.3 Å². The Morgan fingerprint density at radius 2 is 2.21 bits per heavy atom. The van der Waals surface area contributed by atoms with Crippen molar-refractivity contribution < 1.29 is 4.79 Å². The molecule has 0 unspecified atom stereocenters. The van der Waals surface area contributed by atoms with E-state index in [1.54, 1.807) is 17.7 Å². The average molecular weight is 397 g/mol. The highest BCUT2D eigenvalue weighted by atomic mass is 32.1. The molecule has 7 nitrogen and oxygen atoms in total. The standard InChI is InChI=1S/C20H24N6OS/c1-24(2)10-20-11-25(18-17-15(5-7-28-17)22-13-23-18)8-14(20)9-26(12-20)19(27)16-4-3-6-21-16/h3-7,13-14,21H,8-12H2,1-2H3/t14-,20+/m0/s1. The third-order valence-electron chi connectivity index (χ3n) is 6.03. The number of aromatic nitrogens is 3. The molecule has 1 N–H and O–H groups in total. The Kier molecular flexibility index (Phi) is 4.13. The third-order valence-corrected chi connectivity index (χ3v) is 6.93. The van der Waals surface area contributed by atoms with Gasteiger partial charge in [0.25, 0.3) is 5.91 Å². The van der Waals surface area contributed by atoms with E-state index >= 15 is 0 Å². The fourth-order valence-corrected chi connectivity index (χ4v) is 5.85. The predicted molar refractivity (Wildman–Crippen MR) is 111 cm³/mol. The zero-order valence-electron chi connectivity index (χ0n) is 16.1. The van der Waals surface area contributed by atoms with Gasteiger partial charge in [0, 0.05) is 50.3 Å². The maximum absolute atomic E-state index is 12.9. The van der Waals surface area contributed by atoms with Gasteiger partial charge in [0.2, 0.25) is 0 Å². The topological polar surface area (TPSA) is 68.4 Å². The molecular weight excluding hydrogens is 372 g/mol. The monoisotopic (exact) mass is 396 g/mol. The van der Waals surface area contributed by atoms with Crippen molar-refractivity contribution in [1.82, 2.24) is 24.8 Å². The first-order chi connectivity index (χ1) is 13.6. The smallest absolute Gasteiger partial charge is 0.270 e. The highest BCUT2D eigenvalue weighted by molar-refractivity contribution is 7.17. The van der Waals surface area contributed by atoms with Crippen LogP contribution < -0.4 is 4.90 Å². The Hall–Kier alpha value is -2.45. The van der Waals surface area contributed by atoms with Crippen molar-refractivity contribution in [2.24, 2.45) is 11.3 Å². The molecule has 3 aromatic rings. The van der Waals surface area contributed by atoms with Crippen molar-refractivity contribution in [2.45, 2.75) is 0 Å². The highest BCUT2D eigenvalue weighted by Crippen LogP contribution is 2.45. The van der Waals surface area contributed by atoms with E-state index in [1.165, 1.54) is 0 Å². The first kappa shape index (κ1) is 17.6. The number of nitrogens with one attached hydrogen (secondary N) is 1. The first-order valence-corrected chi connectivity index (χ1v) is 10.4. The van der Waals surface area contributed by atoms with Gasteiger partial charge in [-0.2, -0.15) is 0 Å². The summed E-state index contributed by atoms with van der Waals surface area (Å²) in [4.78, 5) is 31.7. The zero-order chi connectivity index (χ0) is 19.3. The molecule has 0 bridgehead atoms. The van der Waals surface area contributed by atoms with Gasteiger partial charge in [-0.15, -0.1) is 11.3 Å². The number of aromatic amines is 1.